The molecule has 0 spiro atoms. The van der Waals surface area contributed by atoms with Gasteiger partial charge < -0.3 is 11.1 Å². The third-order valence-electron chi connectivity index (χ3n) is 3.47. The molecule has 0 bridgehead atoms. The van der Waals surface area contributed by atoms with Crippen LogP contribution in [-0.4, -0.2) is 39.9 Å². The maximum absolute atomic E-state index is 13.0. The number of nitrogens with one attached hydrogen (secondary N) is 2. The van der Waals surface area contributed by atoms with Crippen LogP contribution in [0.4, 0.5) is 8.78 Å². The molecule has 0 heterocycles. The molecule has 24 heavy (non-hydrogen) atoms. The van der Waals surface area contributed by atoms with Crippen molar-refractivity contribution in [3.63, 3.8) is 0 Å². The number of benzene rings is 1. The molecule has 4 N–H and O–H groups in total. The lowest BCUT2D eigenvalue weighted by atomic mass is 10.2. The van der Waals surface area contributed by atoms with Gasteiger partial charge >= 0.3 is 0 Å². The van der Waals surface area contributed by atoms with E-state index in [9.17, 15) is 22.0 Å². The van der Waals surface area contributed by atoms with Crippen LogP contribution in [0.3, 0.4) is 0 Å². The second kappa shape index (κ2) is 8.19. The smallest absolute Gasteiger partial charge is 0.277 e. The molecule has 0 radical (unpaired) electrons. The highest BCUT2D eigenvalue weighted by Gasteiger charge is 2.28. The molecule has 1 amide bonds. The maximum atomic E-state index is 13.0. The van der Waals surface area contributed by atoms with Gasteiger partial charge in [0, 0.05) is 12.1 Å². The lowest BCUT2D eigenvalue weighted by Gasteiger charge is -2.14. The summed E-state index contributed by atoms with van der Waals surface area (Å²) in [5.74, 6) is -3.61. The van der Waals surface area contributed by atoms with E-state index < -0.39 is 34.9 Å². The van der Waals surface area contributed by atoms with Crippen LogP contribution in [-0.2, 0) is 10.0 Å². The number of nitrogens with two attached hydrogens (primary N) is 1. The normalized spacial score (nSPS) is 14.8. The van der Waals surface area contributed by atoms with Crippen molar-refractivity contribution in [2.24, 2.45) is 11.7 Å². The minimum atomic E-state index is -3.72. The molecule has 1 saturated carbocycles. The molecule has 1 fully saturated rings. The van der Waals surface area contributed by atoms with Crippen LogP contribution < -0.4 is 15.8 Å². The molecule has 0 unspecified atom stereocenters. The minimum absolute atomic E-state index is 0. The number of hydrogen-bond acceptors (Lipinski definition) is 4. The first-order valence-corrected chi connectivity index (χ1v) is 8.68. The quantitative estimate of drug-likeness (QED) is 0.626. The number of amides is 1. The van der Waals surface area contributed by atoms with Gasteiger partial charge in [0.05, 0.1) is 18.0 Å². The zero-order valence-corrected chi connectivity index (χ0v) is 14.4. The topological polar surface area (TPSA) is 101 Å². The van der Waals surface area contributed by atoms with Crippen molar-refractivity contribution in [3.8, 4) is 0 Å². The monoisotopic (exact) mass is 383 g/mol. The van der Waals surface area contributed by atoms with E-state index in [0.29, 0.717) is 12.5 Å². The molecule has 1 aromatic carbocycles. The zero-order chi connectivity index (χ0) is 17.1. The average molecular weight is 384 g/mol. The molecule has 2 rings (SSSR count). The first-order valence-electron chi connectivity index (χ1n) is 7.19. The molecular weight excluding hydrogens is 364 g/mol. The Bertz CT molecular complexity index is 682. The summed E-state index contributed by atoms with van der Waals surface area (Å²) in [6.45, 7) is -1.42. The van der Waals surface area contributed by atoms with E-state index in [4.69, 9.17) is 5.73 Å². The Morgan fingerprint density at radius 2 is 2.00 bits per heavy atom. The number of sulfonamides is 1. The van der Waals surface area contributed by atoms with Crippen LogP contribution in [0.2, 0.25) is 0 Å². The molecule has 10 heteroatoms. The van der Waals surface area contributed by atoms with Crippen LogP contribution >= 0.6 is 12.4 Å². The highest BCUT2D eigenvalue weighted by molar-refractivity contribution is 7.89. The first-order chi connectivity index (χ1) is 10.7. The first kappa shape index (κ1) is 20.8. The van der Waals surface area contributed by atoms with Gasteiger partial charge in [0.25, 0.3) is 11.8 Å². The molecule has 1 aromatic rings. The number of carbonyl (C=O) groups is 1. The van der Waals surface area contributed by atoms with Gasteiger partial charge in [0.1, 0.15) is 0 Å². The fourth-order valence-electron chi connectivity index (χ4n) is 1.82. The van der Waals surface area contributed by atoms with Crippen LogP contribution in [0.25, 0.3) is 0 Å². The molecule has 6 nitrogen and oxygen atoms in total. The van der Waals surface area contributed by atoms with Gasteiger partial charge in [-0.05, 0) is 37.0 Å². The predicted octanol–water partition coefficient (Wildman–Crippen LogP) is 1.12. The van der Waals surface area contributed by atoms with Crippen molar-refractivity contribution in [2.75, 3.05) is 19.6 Å². The fourth-order valence-corrected chi connectivity index (χ4v) is 2.98. The maximum Gasteiger partial charge on any atom is 0.277 e. The summed E-state index contributed by atoms with van der Waals surface area (Å²) in [7, 11) is -3.72. The van der Waals surface area contributed by atoms with Crippen molar-refractivity contribution < 1.29 is 22.0 Å². The van der Waals surface area contributed by atoms with E-state index in [-0.39, 0.29) is 22.9 Å². The Morgan fingerprint density at radius 3 is 2.58 bits per heavy atom. The zero-order valence-electron chi connectivity index (χ0n) is 12.8. The largest absolute Gasteiger partial charge is 0.346 e. The van der Waals surface area contributed by atoms with Crippen molar-refractivity contribution in [3.05, 3.63) is 29.8 Å². The summed E-state index contributed by atoms with van der Waals surface area (Å²) >= 11 is 0. The Balaban J connectivity index is 0.00000288. The lowest BCUT2D eigenvalue weighted by molar-refractivity contribution is 0.0118. The molecule has 1 aliphatic carbocycles. The third kappa shape index (κ3) is 5.97. The van der Waals surface area contributed by atoms with Crippen LogP contribution in [0.1, 0.15) is 23.2 Å². The predicted molar refractivity (Wildman–Crippen MR) is 87.9 cm³/mol. The van der Waals surface area contributed by atoms with Crippen LogP contribution in [0.5, 0.6) is 0 Å². The van der Waals surface area contributed by atoms with Gasteiger partial charge in [0.15, 0.2) is 0 Å². The van der Waals surface area contributed by atoms with E-state index >= 15 is 0 Å². The standard InChI is InChI=1S/C14H19F2N3O3S.ClH/c15-14(16,8-17)9-18-13(20)11-2-1-3-12(6-11)23(21,22)19-7-10-4-5-10;/h1-3,6,10,19H,4-5,7-9,17H2,(H,18,20);1H. The molecule has 1 aliphatic rings. The number of hydrogen-bond donors (Lipinski definition) is 3. The summed E-state index contributed by atoms with van der Waals surface area (Å²) in [4.78, 5) is 11.8. The van der Waals surface area contributed by atoms with E-state index in [1.165, 1.54) is 18.2 Å². The summed E-state index contributed by atoms with van der Waals surface area (Å²) in [5, 5.41) is 2.04. The SMILES string of the molecule is Cl.NCC(F)(F)CNC(=O)c1cccc(S(=O)(=O)NCC2CC2)c1. The Hall–Kier alpha value is -1.29. The molecule has 0 saturated heterocycles. The second-order valence-electron chi connectivity index (χ2n) is 5.57. The van der Waals surface area contributed by atoms with Gasteiger partial charge in [0.2, 0.25) is 10.0 Å². The molecule has 136 valence electrons. The second-order valence-corrected chi connectivity index (χ2v) is 7.33. The number of rotatable bonds is 8. The molecule has 0 aliphatic heterocycles. The van der Waals surface area contributed by atoms with E-state index in [2.05, 4.69) is 4.72 Å². The number of alkyl halides is 2. The van der Waals surface area contributed by atoms with E-state index in [0.717, 1.165) is 18.9 Å². The highest BCUT2D eigenvalue weighted by atomic mass is 35.5. The fraction of sp³-hybridized carbons (Fsp3) is 0.500. The summed E-state index contributed by atoms with van der Waals surface area (Å²) in [6, 6.07) is 5.25. The Kier molecular flexibility index (Phi) is 7.09. The average Bonchev–Trinajstić information content (AvgIpc) is 3.35. The summed E-state index contributed by atoms with van der Waals surface area (Å²) < 4.78 is 52.8. The third-order valence-corrected chi connectivity index (χ3v) is 4.89. The molecule has 0 atom stereocenters. The van der Waals surface area contributed by atoms with Gasteiger partial charge in [-0.1, -0.05) is 6.07 Å². The van der Waals surface area contributed by atoms with E-state index in [1.807, 2.05) is 5.32 Å². The highest BCUT2D eigenvalue weighted by Crippen LogP contribution is 2.28. The van der Waals surface area contributed by atoms with Crippen LogP contribution in [0, 0.1) is 5.92 Å². The molecular formula is C14H20ClF2N3O3S. The van der Waals surface area contributed by atoms with Gasteiger partial charge in [-0.3, -0.25) is 4.79 Å². The van der Waals surface area contributed by atoms with Crippen molar-refractivity contribution in [1.29, 1.82) is 0 Å². The minimum Gasteiger partial charge on any atom is -0.346 e. The lowest BCUT2D eigenvalue weighted by Crippen LogP contribution is -2.41. The number of halogens is 3. The van der Waals surface area contributed by atoms with Crippen molar-refractivity contribution in [1.82, 2.24) is 10.0 Å². The van der Waals surface area contributed by atoms with Crippen molar-refractivity contribution in [2.45, 2.75) is 23.7 Å². The Morgan fingerprint density at radius 1 is 1.33 bits per heavy atom. The van der Waals surface area contributed by atoms with Gasteiger partial charge in [-0.15, -0.1) is 12.4 Å². The summed E-state index contributed by atoms with van der Waals surface area (Å²) in [6.07, 6.45) is 2.00. The number of carbonyl (C=O) groups excluding carboxylic acids is 1. The van der Waals surface area contributed by atoms with Crippen LogP contribution in [0.15, 0.2) is 29.2 Å². The Labute approximate surface area is 145 Å². The summed E-state index contributed by atoms with van der Waals surface area (Å²) in [5.41, 5.74) is 4.88. The van der Waals surface area contributed by atoms with Gasteiger partial charge in [-0.2, -0.15) is 0 Å². The van der Waals surface area contributed by atoms with Gasteiger partial charge in [-0.25, -0.2) is 21.9 Å². The van der Waals surface area contributed by atoms with Crippen molar-refractivity contribution >= 4 is 28.3 Å². The molecule has 0 aromatic heterocycles. The van der Waals surface area contributed by atoms with E-state index in [1.54, 1.807) is 0 Å².